The fourth-order valence-electron chi connectivity index (χ4n) is 3.45. The number of esters is 1. The first-order chi connectivity index (χ1) is 16.3. The van der Waals surface area contributed by atoms with Crippen molar-refractivity contribution in [2.24, 2.45) is 5.73 Å². The normalized spacial score (nSPS) is 14.0. The van der Waals surface area contributed by atoms with Crippen LogP contribution >= 0.6 is 12.4 Å². The highest BCUT2D eigenvalue weighted by Gasteiger charge is 2.44. The van der Waals surface area contributed by atoms with Gasteiger partial charge in [-0.25, -0.2) is 14.5 Å². The molecule has 1 saturated heterocycles. The number of halogens is 1. The van der Waals surface area contributed by atoms with Crippen molar-refractivity contribution in [3.8, 4) is 0 Å². The Morgan fingerprint density at radius 3 is 2.40 bits per heavy atom. The molecule has 10 nitrogen and oxygen atoms in total. The van der Waals surface area contributed by atoms with Crippen molar-refractivity contribution in [2.75, 3.05) is 26.7 Å². The van der Waals surface area contributed by atoms with Crippen molar-refractivity contribution in [3.63, 3.8) is 0 Å². The number of imide groups is 1. The molecule has 0 aliphatic carbocycles. The number of nitrogens with zero attached hydrogens (tertiary/aromatic N) is 2. The lowest BCUT2D eigenvalue weighted by Crippen LogP contribution is -2.41. The van der Waals surface area contributed by atoms with Gasteiger partial charge in [0.1, 0.15) is 12.4 Å². The molecule has 2 aromatic carbocycles. The number of ether oxygens (including phenoxy) is 1. The maximum atomic E-state index is 12.9. The minimum atomic E-state index is -1.18. The van der Waals surface area contributed by atoms with Crippen LogP contribution in [0, 0.1) is 5.41 Å². The second-order valence-corrected chi connectivity index (χ2v) is 7.46. The Morgan fingerprint density at radius 1 is 1.14 bits per heavy atom. The van der Waals surface area contributed by atoms with Crippen molar-refractivity contribution < 1.29 is 23.9 Å². The first-order valence-electron chi connectivity index (χ1n) is 10.5. The maximum Gasteiger partial charge on any atom is 0.333 e. The van der Waals surface area contributed by atoms with E-state index < -0.39 is 23.9 Å². The molecule has 4 amide bonds. The van der Waals surface area contributed by atoms with Crippen LogP contribution in [0.4, 0.5) is 4.79 Å². The van der Waals surface area contributed by atoms with Crippen molar-refractivity contribution >= 4 is 48.1 Å². The molecule has 184 valence electrons. The van der Waals surface area contributed by atoms with E-state index in [1.54, 1.807) is 60.7 Å². The Balaban J connectivity index is 0.00000432. The molecular formula is C24H26ClN5O5. The Labute approximate surface area is 208 Å². The zero-order valence-corrected chi connectivity index (χ0v) is 19.8. The summed E-state index contributed by atoms with van der Waals surface area (Å²) >= 11 is 0. The van der Waals surface area contributed by atoms with Crippen LogP contribution in [0.3, 0.4) is 0 Å². The van der Waals surface area contributed by atoms with Gasteiger partial charge in [-0.15, -0.1) is 12.4 Å². The van der Waals surface area contributed by atoms with E-state index in [0.29, 0.717) is 11.1 Å². The molecule has 0 radical (unpaired) electrons. The van der Waals surface area contributed by atoms with Gasteiger partial charge >= 0.3 is 12.0 Å². The summed E-state index contributed by atoms with van der Waals surface area (Å²) in [6.45, 7) is 0.0115. The van der Waals surface area contributed by atoms with Crippen LogP contribution in [0.25, 0.3) is 6.08 Å². The fourth-order valence-corrected chi connectivity index (χ4v) is 3.45. The Hall–Kier alpha value is -4.18. The molecule has 2 aromatic rings. The van der Waals surface area contributed by atoms with Crippen LogP contribution in [0.15, 0.2) is 60.7 Å². The molecule has 11 heteroatoms. The van der Waals surface area contributed by atoms with Crippen LogP contribution in [-0.4, -0.2) is 66.2 Å². The van der Waals surface area contributed by atoms with Crippen LogP contribution < -0.4 is 11.1 Å². The third-order valence-corrected chi connectivity index (χ3v) is 5.20. The average molecular weight is 500 g/mol. The summed E-state index contributed by atoms with van der Waals surface area (Å²) in [5.41, 5.74) is 7.22. The van der Waals surface area contributed by atoms with Gasteiger partial charge in [0.2, 0.25) is 5.91 Å². The number of nitrogen functional groups attached to an aromatic ring is 1. The quantitative estimate of drug-likeness (QED) is 0.157. The van der Waals surface area contributed by atoms with Crippen LogP contribution in [0.2, 0.25) is 0 Å². The van der Waals surface area contributed by atoms with E-state index >= 15 is 0 Å². The van der Waals surface area contributed by atoms with Crippen LogP contribution in [0.5, 0.6) is 0 Å². The molecule has 0 spiro atoms. The number of hydrogen-bond donors (Lipinski definition) is 3. The van der Waals surface area contributed by atoms with Gasteiger partial charge < -0.3 is 20.7 Å². The molecule has 0 bridgehead atoms. The standard InChI is InChI=1S/C24H25N5O5.ClH/c1-34-23(32)21(17-5-3-2-4-6-17)29-20(31)15-28(24(29)33)14-13-27-19(30)12-9-16-7-10-18(11-8-16)22(25)26;/h2-12,21H,13-15H2,1H3,(H3,25,26)(H,27,30);1H. The lowest BCUT2D eigenvalue weighted by Gasteiger charge is -2.24. The minimum absolute atomic E-state index is 0. The van der Waals surface area contributed by atoms with E-state index in [4.69, 9.17) is 15.9 Å². The highest BCUT2D eigenvalue weighted by atomic mass is 35.5. The van der Waals surface area contributed by atoms with Gasteiger partial charge in [-0.3, -0.25) is 15.0 Å². The second kappa shape index (κ2) is 12.3. The van der Waals surface area contributed by atoms with Crippen LogP contribution in [0.1, 0.15) is 22.7 Å². The maximum absolute atomic E-state index is 12.9. The third kappa shape index (κ3) is 6.67. The molecule has 0 aromatic heterocycles. The number of nitrogens with one attached hydrogen (secondary N) is 2. The third-order valence-electron chi connectivity index (χ3n) is 5.20. The largest absolute Gasteiger partial charge is 0.467 e. The first-order valence-corrected chi connectivity index (χ1v) is 10.5. The topological polar surface area (TPSA) is 146 Å². The Kier molecular flexibility index (Phi) is 9.54. The molecule has 4 N–H and O–H groups in total. The van der Waals surface area contributed by atoms with Gasteiger partial charge in [0, 0.05) is 24.7 Å². The summed E-state index contributed by atoms with van der Waals surface area (Å²) in [4.78, 5) is 52.1. The summed E-state index contributed by atoms with van der Waals surface area (Å²) in [6, 6.07) is 13.5. The monoisotopic (exact) mass is 499 g/mol. The molecular weight excluding hydrogens is 474 g/mol. The molecule has 1 aliphatic heterocycles. The van der Waals surface area contributed by atoms with Gasteiger partial charge in [-0.05, 0) is 17.2 Å². The predicted octanol–water partition coefficient (Wildman–Crippen LogP) is 1.70. The first kappa shape index (κ1) is 27.1. The molecule has 1 atom stereocenters. The number of carbonyl (C=O) groups excluding carboxylic acids is 4. The average Bonchev–Trinajstić information content (AvgIpc) is 3.11. The molecule has 35 heavy (non-hydrogen) atoms. The number of amides is 4. The van der Waals surface area contributed by atoms with E-state index in [0.717, 1.165) is 10.5 Å². The number of nitrogens with two attached hydrogens (primary N) is 1. The molecule has 0 saturated carbocycles. The fraction of sp³-hybridized carbons (Fsp3) is 0.208. The predicted molar refractivity (Wildman–Crippen MR) is 132 cm³/mol. The highest BCUT2D eigenvalue weighted by molar-refractivity contribution is 6.05. The van der Waals surface area contributed by atoms with E-state index in [1.807, 2.05) is 0 Å². The van der Waals surface area contributed by atoms with E-state index in [9.17, 15) is 19.2 Å². The summed E-state index contributed by atoms with van der Waals surface area (Å²) in [7, 11) is 1.20. The van der Waals surface area contributed by atoms with Crippen molar-refractivity contribution in [2.45, 2.75) is 6.04 Å². The summed E-state index contributed by atoms with van der Waals surface area (Å²) in [5.74, 6) is -1.65. The van der Waals surface area contributed by atoms with E-state index in [1.165, 1.54) is 18.1 Å². The zero-order chi connectivity index (χ0) is 24.7. The van der Waals surface area contributed by atoms with Gasteiger partial charge in [-0.1, -0.05) is 54.6 Å². The van der Waals surface area contributed by atoms with E-state index in [-0.39, 0.29) is 43.8 Å². The smallest absolute Gasteiger partial charge is 0.333 e. The van der Waals surface area contributed by atoms with Crippen molar-refractivity contribution in [1.82, 2.24) is 15.1 Å². The van der Waals surface area contributed by atoms with Gasteiger partial charge in [0.25, 0.3) is 5.91 Å². The number of rotatable bonds is 9. The molecule has 1 aliphatic rings. The lowest BCUT2D eigenvalue weighted by molar-refractivity contribution is -0.149. The van der Waals surface area contributed by atoms with Crippen molar-refractivity contribution in [3.05, 3.63) is 77.4 Å². The van der Waals surface area contributed by atoms with E-state index in [2.05, 4.69) is 5.32 Å². The lowest BCUT2D eigenvalue weighted by atomic mass is 10.1. The minimum Gasteiger partial charge on any atom is -0.467 e. The molecule has 1 heterocycles. The molecule has 1 fully saturated rings. The van der Waals surface area contributed by atoms with Gasteiger partial charge in [0.15, 0.2) is 6.04 Å². The van der Waals surface area contributed by atoms with Gasteiger partial charge in [0.05, 0.1) is 7.11 Å². The molecule has 3 rings (SSSR count). The number of hydrogen-bond acceptors (Lipinski definition) is 6. The second-order valence-electron chi connectivity index (χ2n) is 7.46. The number of carbonyl (C=O) groups is 4. The van der Waals surface area contributed by atoms with Crippen molar-refractivity contribution in [1.29, 1.82) is 5.41 Å². The van der Waals surface area contributed by atoms with Gasteiger partial charge in [-0.2, -0.15) is 0 Å². The zero-order valence-electron chi connectivity index (χ0n) is 19.0. The summed E-state index contributed by atoms with van der Waals surface area (Å²) < 4.78 is 4.82. The summed E-state index contributed by atoms with van der Waals surface area (Å²) in [6.07, 6.45) is 2.95. The number of methoxy groups -OCH3 is 1. The number of benzene rings is 2. The number of urea groups is 1. The van der Waals surface area contributed by atoms with Crippen LogP contribution in [-0.2, 0) is 19.1 Å². The Morgan fingerprint density at radius 2 is 1.80 bits per heavy atom. The highest BCUT2D eigenvalue weighted by Crippen LogP contribution is 2.27. The Bertz CT molecular complexity index is 1120. The summed E-state index contributed by atoms with van der Waals surface area (Å²) in [5, 5.41) is 10.0. The molecule has 1 unspecified atom stereocenters. The SMILES string of the molecule is COC(=O)C(c1ccccc1)N1C(=O)CN(CCNC(=O)C=Cc2ccc(C(=N)N)cc2)C1=O.Cl. The number of amidine groups is 1.